The molecule has 2 amide bonds. The molecule has 2 aromatic rings. The maximum Gasteiger partial charge on any atom is 0.490 e. The first-order chi connectivity index (χ1) is 13.0. The van der Waals surface area contributed by atoms with Crippen LogP contribution in [0.3, 0.4) is 0 Å². The van der Waals surface area contributed by atoms with Crippen molar-refractivity contribution in [3.05, 3.63) is 41.2 Å². The van der Waals surface area contributed by atoms with Crippen molar-refractivity contribution >= 4 is 17.9 Å². The molecule has 1 heterocycles. The second-order valence-electron chi connectivity index (χ2n) is 5.15. The number of aromatic nitrogens is 3. The van der Waals surface area contributed by atoms with Gasteiger partial charge >= 0.3 is 18.2 Å². The summed E-state index contributed by atoms with van der Waals surface area (Å²) >= 11 is 0. The summed E-state index contributed by atoms with van der Waals surface area (Å²) in [6, 6.07) is 3.20. The van der Waals surface area contributed by atoms with Gasteiger partial charge < -0.3 is 10.4 Å². The lowest BCUT2D eigenvalue weighted by molar-refractivity contribution is -0.192. The topological polar surface area (TPSA) is 109 Å². The van der Waals surface area contributed by atoms with Gasteiger partial charge in [-0.1, -0.05) is 19.1 Å². The summed E-state index contributed by atoms with van der Waals surface area (Å²) in [7, 11) is 1.72. The zero-order valence-corrected chi connectivity index (χ0v) is 14.6. The Bertz CT molecular complexity index is 838. The van der Waals surface area contributed by atoms with Crippen molar-refractivity contribution in [2.75, 3.05) is 5.32 Å². The first-order valence-electron chi connectivity index (χ1n) is 7.63. The number of aryl methyl sites for hydroxylation is 2. The minimum absolute atomic E-state index is 0.0633. The van der Waals surface area contributed by atoms with Crippen molar-refractivity contribution in [1.82, 2.24) is 20.1 Å². The summed E-state index contributed by atoms with van der Waals surface area (Å²) in [5.41, 5.74) is 0.0633. The summed E-state index contributed by atoms with van der Waals surface area (Å²) in [6.45, 7) is 1.78. The number of carboxylic acid groups (broad SMARTS) is 1. The lowest BCUT2D eigenvalue weighted by Gasteiger charge is -2.06. The highest BCUT2D eigenvalue weighted by Gasteiger charge is 2.38. The predicted molar refractivity (Wildman–Crippen MR) is 86.3 cm³/mol. The molecule has 28 heavy (non-hydrogen) atoms. The largest absolute Gasteiger partial charge is 0.490 e. The minimum atomic E-state index is -5.08. The van der Waals surface area contributed by atoms with Crippen LogP contribution in [0.15, 0.2) is 18.2 Å². The molecule has 0 aliphatic carbocycles. The van der Waals surface area contributed by atoms with Crippen LogP contribution in [0.4, 0.5) is 32.7 Å². The number of carbonyl (C=O) groups excluding carboxylic acids is 1. The summed E-state index contributed by atoms with van der Waals surface area (Å²) in [4.78, 5) is 24.7. The van der Waals surface area contributed by atoms with Gasteiger partial charge in [0.05, 0.1) is 0 Å². The molecule has 0 radical (unpaired) electrons. The number of rotatable bonds is 4. The molecular weight excluding hydrogens is 393 g/mol. The maximum atomic E-state index is 13.4. The molecule has 2 rings (SSSR count). The molecule has 0 unspecified atom stereocenters. The molecule has 0 atom stereocenters. The lowest BCUT2D eigenvalue weighted by atomic mass is 10.2. The Morgan fingerprint density at radius 3 is 2.36 bits per heavy atom. The van der Waals surface area contributed by atoms with Crippen molar-refractivity contribution in [1.29, 1.82) is 0 Å². The molecule has 0 aliphatic rings. The third kappa shape index (κ3) is 6.81. The van der Waals surface area contributed by atoms with E-state index in [4.69, 9.17) is 9.90 Å². The number of carboxylic acids is 1. The van der Waals surface area contributed by atoms with E-state index in [1.807, 2.05) is 6.92 Å². The van der Waals surface area contributed by atoms with E-state index < -0.39 is 29.8 Å². The van der Waals surface area contributed by atoms with E-state index in [2.05, 4.69) is 20.7 Å². The number of nitrogens with zero attached hydrogens (tertiary/aromatic N) is 3. The van der Waals surface area contributed by atoms with Gasteiger partial charge in [-0.05, 0) is 6.07 Å². The van der Waals surface area contributed by atoms with E-state index in [9.17, 15) is 26.7 Å². The number of hydrogen-bond acceptors (Lipinski definition) is 4. The molecule has 0 spiro atoms. The summed E-state index contributed by atoms with van der Waals surface area (Å²) in [5.74, 6) is -3.80. The number of hydrogen-bond donors (Lipinski definition) is 3. The standard InChI is InChI=1S/C13H15F2N5O.C2HF3O2/c1-3-10-17-12(19-20(10)2)18-13(21)16-7-8-5-4-6-9(14)11(8)15;3-2(4,5)1(6)7/h4-6H,3,7H2,1-2H3,(H2,16,18,19,21);(H,6,7). The molecule has 0 aliphatic heterocycles. The van der Waals surface area contributed by atoms with Gasteiger partial charge in [-0.25, -0.2) is 18.4 Å². The smallest absolute Gasteiger partial charge is 0.475 e. The highest BCUT2D eigenvalue weighted by molar-refractivity contribution is 5.87. The van der Waals surface area contributed by atoms with Gasteiger partial charge in [0.2, 0.25) is 5.95 Å². The highest BCUT2D eigenvalue weighted by atomic mass is 19.4. The van der Waals surface area contributed by atoms with Crippen LogP contribution in [0.2, 0.25) is 0 Å². The highest BCUT2D eigenvalue weighted by Crippen LogP contribution is 2.13. The fourth-order valence-electron chi connectivity index (χ4n) is 1.78. The summed E-state index contributed by atoms with van der Waals surface area (Å²) in [5, 5.41) is 16.0. The number of alkyl halides is 3. The fourth-order valence-corrected chi connectivity index (χ4v) is 1.78. The number of amides is 2. The fraction of sp³-hybridized carbons (Fsp3) is 0.333. The van der Waals surface area contributed by atoms with Gasteiger partial charge in [0, 0.05) is 25.6 Å². The number of anilines is 1. The molecule has 0 saturated carbocycles. The van der Waals surface area contributed by atoms with E-state index in [1.54, 1.807) is 11.7 Å². The number of urea groups is 1. The third-order valence-corrected chi connectivity index (χ3v) is 3.11. The molecule has 1 aromatic carbocycles. The van der Waals surface area contributed by atoms with Gasteiger partial charge in [0.1, 0.15) is 5.82 Å². The number of benzene rings is 1. The van der Waals surface area contributed by atoms with Crippen LogP contribution in [0.5, 0.6) is 0 Å². The van der Waals surface area contributed by atoms with Crippen LogP contribution in [0.25, 0.3) is 0 Å². The number of nitrogens with one attached hydrogen (secondary N) is 2. The molecule has 8 nitrogen and oxygen atoms in total. The van der Waals surface area contributed by atoms with Gasteiger partial charge in [-0.15, -0.1) is 5.10 Å². The van der Waals surface area contributed by atoms with E-state index in [-0.39, 0.29) is 18.1 Å². The number of carbonyl (C=O) groups is 2. The Balaban J connectivity index is 0.000000480. The molecule has 13 heteroatoms. The summed E-state index contributed by atoms with van der Waals surface area (Å²) in [6.07, 6.45) is -4.40. The van der Waals surface area contributed by atoms with Gasteiger partial charge in [-0.2, -0.15) is 18.2 Å². The first kappa shape index (κ1) is 22.8. The Morgan fingerprint density at radius 2 is 1.86 bits per heavy atom. The van der Waals surface area contributed by atoms with E-state index in [1.165, 1.54) is 12.1 Å². The molecule has 154 valence electrons. The molecular formula is C15H16F5N5O3. The number of halogens is 5. The van der Waals surface area contributed by atoms with E-state index in [0.717, 1.165) is 11.9 Å². The lowest BCUT2D eigenvalue weighted by Crippen LogP contribution is -2.29. The molecule has 1 aromatic heterocycles. The normalized spacial score (nSPS) is 10.7. The Labute approximate surface area is 155 Å². The second-order valence-corrected chi connectivity index (χ2v) is 5.15. The van der Waals surface area contributed by atoms with Gasteiger partial charge in [-0.3, -0.25) is 10.00 Å². The minimum Gasteiger partial charge on any atom is -0.475 e. The average Bonchev–Trinajstić information content (AvgIpc) is 2.95. The maximum absolute atomic E-state index is 13.4. The third-order valence-electron chi connectivity index (χ3n) is 3.11. The van der Waals surface area contributed by atoms with Crippen LogP contribution in [-0.4, -0.2) is 38.0 Å². The summed E-state index contributed by atoms with van der Waals surface area (Å²) < 4.78 is 59.7. The second kappa shape index (κ2) is 9.62. The Kier molecular flexibility index (Phi) is 7.83. The Hall–Kier alpha value is -3.25. The first-order valence-corrected chi connectivity index (χ1v) is 7.63. The van der Waals surface area contributed by atoms with Gasteiger partial charge in [0.25, 0.3) is 0 Å². The SMILES string of the molecule is CCc1nc(NC(=O)NCc2cccc(F)c2F)nn1C.O=C(O)C(F)(F)F. The quantitative estimate of drug-likeness (QED) is 0.673. The average molecular weight is 409 g/mol. The zero-order chi connectivity index (χ0) is 21.5. The molecule has 0 bridgehead atoms. The van der Waals surface area contributed by atoms with Crippen LogP contribution < -0.4 is 10.6 Å². The van der Waals surface area contributed by atoms with E-state index >= 15 is 0 Å². The molecule has 0 fully saturated rings. The molecule has 0 saturated heterocycles. The van der Waals surface area contributed by atoms with Crippen LogP contribution in [-0.2, 0) is 24.8 Å². The van der Waals surface area contributed by atoms with Crippen molar-refractivity contribution < 1.29 is 36.6 Å². The van der Waals surface area contributed by atoms with Crippen LogP contribution in [0.1, 0.15) is 18.3 Å². The van der Waals surface area contributed by atoms with Crippen LogP contribution >= 0.6 is 0 Å². The monoisotopic (exact) mass is 409 g/mol. The van der Waals surface area contributed by atoms with Crippen molar-refractivity contribution in [3.63, 3.8) is 0 Å². The molecule has 3 N–H and O–H groups in total. The van der Waals surface area contributed by atoms with Crippen LogP contribution in [0, 0.1) is 11.6 Å². The zero-order valence-electron chi connectivity index (χ0n) is 14.6. The predicted octanol–water partition coefficient (Wildman–Crippen LogP) is 2.61. The van der Waals surface area contributed by atoms with Crippen molar-refractivity contribution in [3.8, 4) is 0 Å². The van der Waals surface area contributed by atoms with Gasteiger partial charge in [0.15, 0.2) is 11.6 Å². The van der Waals surface area contributed by atoms with Crippen molar-refractivity contribution in [2.24, 2.45) is 7.05 Å². The van der Waals surface area contributed by atoms with Crippen molar-refractivity contribution in [2.45, 2.75) is 26.1 Å². The Morgan fingerprint density at radius 1 is 1.25 bits per heavy atom. The van der Waals surface area contributed by atoms with E-state index in [0.29, 0.717) is 6.42 Å². The number of aliphatic carboxylic acids is 1.